The molecule has 1 fully saturated rings. The molecule has 25 heavy (non-hydrogen) atoms. The number of benzene rings is 2. The lowest BCUT2D eigenvalue weighted by Gasteiger charge is -2.41. The van der Waals surface area contributed by atoms with Crippen molar-refractivity contribution in [2.45, 2.75) is 38.6 Å². The van der Waals surface area contributed by atoms with Gasteiger partial charge in [-0.1, -0.05) is 48.5 Å². The molecule has 1 aliphatic heterocycles. The molecule has 0 radical (unpaired) electrons. The summed E-state index contributed by atoms with van der Waals surface area (Å²) in [6, 6.07) is 18.2. The molecule has 0 saturated carbocycles. The number of aromatic hydroxyl groups is 1. The lowest BCUT2D eigenvalue weighted by atomic mass is 9.75. The summed E-state index contributed by atoms with van der Waals surface area (Å²) >= 11 is 0. The number of rotatable bonds is 7. The van der Waals surface area contributed by atoms with E-state index in [2.05, 4.69) is 35.2 Å². The van der Waals surface area contributed by atoms with Gasteiger partial charge in [0.05, 0.1) is 0 Å². The molecule has 0 aliphatic carbocycles. The Morgan fingerprint density at radius 1 is 0.920 bits per heavy atom. The molecule has 0 unspecified atom stereocenters. The number of piperidine rings is 1. The van der Waals surface area contributed by atoms with E-state index in [9.17, 15) is 10.2 Å². The van der Waals surface area contributed by atoms with Gasteiger partial charge in [0.1, 0.15) is 5.75 Å². The van der Waals surface area contributed by atoms with E-state index >= 15 is 0 Å². The van der Waals surface area contributed by atoms with E-state index in [1.807, 2.05) is 18.2 Å². The standard InChI is InChI=1S/C22H29NO2/c24-18-22(12-6-9-19-7-2-1-3-8-19)13-15-23(16-14-22)17-20-10-4-5-11-21(20)25/h1-5,7-8,10-11,24-25H,6,9,12-18H2. The van der Waals surface area contributed by atoms with Crippen molar-refractivity contribution in [3.8, 4) is 5.75 Å². The van der Waals surface area contributed by atoms with E-state index in [0.717, 1.165) is 57.3 Å². The van der Waals surface area contributed by atoms with Gasteiger partial charge in [-0.3, -0.25) is 4.90 Å². The number of phenols is 1. The number of nitrogens with zero attached hydrogens (tertiary/aromatic N) is 1. The van der Waals surface area contributed by atoms with Crippen molar-refractivity contribution < 1.29 is 10.2 Å². The number of para-hydroxylation sites is 1. The number of hydrogen-bond acceptors (Lipinski definition) is 3. The van der Waals surface area contributed by atoms with Gasteiger partial charge in [-0.15, -0.1) is 0 Å². The highest BCUT2D eigenvalue weighted by Crippen LogP contribution is 2.37. The molecule has 0 amide bonds. The smallest absolute Gasteiger partial charge is 0.120 e. The van der Waals surface area contributed by atoms with E-state index in [1.54, 1.807) is 6.07 Å². The second-order valence-electron chi connectivity index (χ2n) is 7.40. The normalized spacial score (nSPS) is 17.5. The van der Waals surface area contributed by atoms with Crippen LogP contribution >= 0.6 is 0 Å². The summed E-state index contributed by atoms with van der Waals surface area (Å²) in [6.07, 6.45) is 5.37. The Labute approximate surface area is 150 Å². The van der Waals surface area contributed by atoms with Crippen LogP contribution in [0.4, 0.5) is 0 Å². The summed E-state index contributed by atoms with van der Waals surface area (Å²) in [6.45, 7) is 3.05. The lowest BCUT2D eigenvalue weighted by molar-refractivity contribution is 0.0328. The topological polar surface area (TPSA) is 43.7 Å². The fourth-order valence-electron chi connectivity index (χ4n) is 3.87. The third-order valence-corrected chi connectivity index (χ3v) is 5.65. The van der Waals surface area contributed by atoms with E-state index in [4.69, 9.17) is 0 Å². The van der Waals surface area contributed by atoms with Crippen LogP contribution in [0.5, 0.6) is 5.75 Å². The molecule has 1 heterocycles. The first-order valence-electron chi connectivity index (χ1n) is 9.35. The minimum atomic E-state index is 0.0734. The molecule has 2 aromatic rings. The van der Waals surface area contributed by atoms with Crippen LogP contribution in [0.25, 0.3) is 0 Å². The molecular weight excluding hydrogens is 310 g/mol. The Kier molecular flexibility index (Phi) is 6.11. The van der Waals surface area contributed by atoms with Crippen molar-refractivity contribution in [3.63, 3.8) is 0 Å². The van der Waals surface area contributed by atoms with Gasteiger partial charge in [0.2, 0.25) is 0 Å². The zero-order chi connectivity index (χ0) is 17.5. The van der Waals surface area contributed by atoms with Gasteiger partial charge in [0.15, 0.2) is 0 Å². The number of aliphatic hydroxyl groups excluding tert-OH is 1. The number of likely N-dealkylation sites (tertiary alicyclic amines) is 1. The SMILES string of the molecule is OCC1(CCCc2ccccc2)CCN(Cc2ccccc2O)CC1. The van der Waals surface area contributed by atoms with Crippen molar-refractivity contribution in [1.82, 2.24) is 4.90 Å². The summed E-state index contributed by atoms with van der Waals surface area (Å²) in [5.74, 6) is 0.379. The van der Waals surface area contributed by atoms with Crippen LogP contribution in [0.3, 0.4) is 0 Å². The Morgan fingerprint density at radius 2 is 1.60 bits per heavy atom. The number of hydrogen-bond donors (Lipinski definition) is 2. The third kappa shape index (κ3) is 4.83. The van der Waals surface area contributed by atoms with Crippen LogP contribution in [0.15, 0.2) is 54.6 Å². The van der Waals surface area contributed by atoms with E-state index in [-0.39, 0.29) is 12.0 Å². The predicted molar refractivity (Wildman–Crippen MR) is 102 cm³/mol. The molecule has 1 saturated heterocycles. The van der Waals surface area contributed by atoms with Crippen molar-refractivity contribution in [2.24, 2.45) is 5.41 Å². The van der Waals surface area contributed by atoms with Crippen LogP contribution < -0.4 is 0 Å². The lowest BCUT2D eigenvalue weighted by Crippen LogP contribution is -2.41. The minimum Gasteiger partial charge on any atom is -0.508 e. The highest BCUT2D eigenvalue weighted by atomic mass is 16.3. The Bertz CT molecular complexity index is 648. The average Bonchev–Trinajstić information content (AvgIpc) is 2.66. The van der Waals surface area contributed by atoms with Crippen LogP contribution in [-0.4, -0.2) is 34.8 Å². The maximum atomic E-state index is 10.0. The molecule has 2 N–H and O–H groups in total. The van der Waals surface area contributed by atoms with Gasteiger partial charge < -0.3 is 10.2 Å². The second kappa shape index (κ2) is 8.50. The zero-order valence-corrected chi connectivity index (χ0v) is 14.9. The van der Waals surface area contributed by atoms with E-state index in [1.165, 1.54) is 5.56 Å². The number of aryl methyl sites for hydroxylation is 1. The highest BCUT2D eigenvalue weighted by Gasteiger charge is 2.33. The van der Waals surface area contributed by atoms with Crippen LogP contribution in [0.2, 0.25) is 0 Å². The van der Waals surface area contributed by atoms with Crippen molar-refractivity contribution in [2.75, 3.05) is 19.7 Å². The third-order valence-electron chi connectivity index (χ3n) is 5.65. The summed E-state index contributed by atoms with van der Waals surface area (Å²) < 4.78 is 0. The molecule has 3 rings (SSSR count). The van der Waals surface area contributed by atoms with E-state index < -0.39 is 0 Å². The van der Waals surface area contributed by atoms with Gasteiger partial charge >= 0.3 is 0 Å². The maximum Gasteiger partial charge on any atom is 0.120 e. The molecule has 0 bridgehead atoms. The second-order valence-corrected chi connectivity index (χ2v) is 7.40. The Balaban J connectivity index is 1.49. The molecular formula is C22H29NO2. The summed E-state index contributed by atoms with van der Waals surface area (Å²) in [5, 5.41) is 19.9. The minimum absolute atomic E-state index is 0.0734. The van der Waals surface area contributed by atoms with Crippen LogP contribution in [-0.2, 0) is 13.0 Å². The molecule has 0 aromatic heterocycles. The fraction of sp³-hybridized carbons (Fsp3) is 0.455. The quantitative estimate of drug-likeness (QED) is 0.802. The molecule has 134 valence electrons. The highest BCUT2D eigenvalue weighted by molar-refractivity contribution is 5.31. The molecule has 1 aliphatic rings. The monoisotopic (exact) mass is 339 g/mol. The van der Waals surface area contributed by atoms with Crippen molar-refractivity contribution in [3.05, 3.63) is 65.7 Å². The van der Waals surface area contributed by atoms with Gasteiger partial charge in [-0.25, -0.2) is 0 Å². The van der Waals surface area contributed by atoms with Gasteiger partial charge in [-0.05, 0) is 62.2 Å². The van der Waals surface area contributed by atoms with Crippen molar-refractivity contribution >= 4 is 0 Å². The summed E-state index contributed by atoms with van der Waals surface area (Å²) in [5.41, 5.74) is 2.44. The van der Waals surface area contributed by atoms with Crippen LogP contribution in [0.1, 0.15) is 36.8 Å². The first-order valence-corrected chi connectivity index (χ1v) is 9.35. The first kappa shape index (κ1) is 18.0. The summed E-state index contributed by atoms with van der Waals surface area (Å²) in [4.78, 5) is 2.39. The maximum absolute atomic E-state index is 10.0. The average molecular weight is 339 g/mol. The van der Waals surface area contributed by atoms with Gasteiger partial charge in [0, 0.05) is 18.7 Å². The van der Waals surface area contributed by atoms with Crippen molar-refractivity contribution in [1.29, 1.82) is 0 Å². The fourth-order valence-corrected chi connectivity index (χ4v) is 3.87. The number of aliphatic hydroxyl groups is 1. The molecule has 3 heteroatoms. The number of phenolic OH excluding ortho intramolecular Hbond substituents is 1. The Hall–Kier alpha value is -1.84. The summed E-state index contributed by atoms with van der Waals surface area (Å²) in [7, 11) is 0. The molecule has 2 aromatic carbocycles. The first-order chi connectivity index (χ1) is 12.2. The Morgan fingerprint density at radius 3 is 2.28 bits per heavy atom. The van der Waals surface area contributed by atoms with Crippen LogP contribution in [0, 0.1) is 5.41 Å². The predicted octanol–water partition coefficient (Wildman–Crippen LogP) is 3.99. The van der Waals surface area contributed by atoms with Gasteiger partial charge in [-0.2, -0.15) is 0 Å². The largest absolute Gasteiger partial charge is 0.508 e. The molecule has 0 spiro atoms. The zero-order valence-electron chi connectivity index (χ0n) is 14.9. The van der Waals surface area contributed by atoms with Gasteiger partial charge in [0.25, 0.3) is 0 Å². The van der Waals surface area contributed by atoms with E-state index in [0.29, 0.717) is 5.75 Å². The molecule has 3 nitrogen and oxygen atoms in total. The molecule has 0 atom stereocenters.